The Balaban J connectivity index is 1.64. The first-order chi connectivity index (χ1) is 14.0. The number of amides is 1. The van der Waals surface area contributed by atoms with Crippen molar-refractivity contribution >= 4 is 22.9 Å². The maximum atomic E-state index is 12.4. The number of likely N-dealkylation sites (N-methyl/N-ethyl adjacent to an activating group) is 1. The first-order valence-corrected chi connectivity index (χ1v) is 10.1. The minimum absolute atomic E-state index is 0.0124. The van der Waals surface area contributed by atoms with Crippen LogP contribution < -0.4 is 0 Å². The van der Waals surface area contributed by atoms with Crippen LogP contribution in [0.3, 0.4) is 0 Å². The molecule has 1 aliphatic rings. The lowest BCUT2D eigenvalue weighted by Crippen LogP contribution is -2.36. The van der Waals surface area contributed by atoms with E-state index in [4.69, 9.17) is 0 Å². The molecule has 2 heterocycles. The Morgan fingerprint density at radius 2 is 1.90 bits per heavy atom. The minimum atomic E-state index is -0.839. The molecule has 4 rings (SSSR count). The fourth-order valence-corrected chi connectivity index (χ4v) is 4.98. The number of hydrogen-bond acceptors (Lipinski definition) is 5. The van der Waals surface area contributed by atoms with Gasteiger partial charge in [0.1, 0.15) is 6.10 Å². The average Bonchev–Trinajstić information content (AvgIpc) is 3.34. The van der Waals surface area contributed by atoms with Crippen LogP contribution in [0.15, 0.2) is 66.7 Å². The predicted octanol–water partition coefficient (Wildman–Crippen LogP) is 4.37. The molecule has 1 N–H and O–H groups in total. The topological polar surface area (TPSA) is 83.7 Å². The molecule has 1 fully saturated rings. The Hall–Kier alpha value is -3.03. The van der Waals surface area contributed by atoms with Crippen LogP contribution in [0, 0.1) is 10.1 Å². The van der Waals surface area contributed by atoms with Gasteiger partial charge < -0.3 is 10.0 Å². The number of nitrogens with zero attached hydrogens (tertiary/aromatic N) is 2. The van der Waals surface area contributed by atoms with Gasteiger partial charge in [0, 0.05) is 41.3 Å². The monoisotopic (exact) mass is 408 g/mol. The molecule has 29 heavy (non-hydrogen) atoms. The second-order valence-electron chi connectivity index (χ2n) is 7.17. The largest absolute Gasteiger partial charge is 0.385 e. The third kappa shape index (κ3) is 3.66. The molecule has 0 bridgehead atoms. The van der Waals surface area contributed by atoms with Gasteiger partial charge in [-0.05, 0) is 23.3 Å². The van der Waals surface area contributed by atoms with Gasteiger partial charge in [-0.15, -0.1) is 11.3 Å². The smallest absolute Gasteiger partial charge is 0.270 e. The molecule has 2 aromatic carbocycles. The summed E-state index contributed by atoms with van der Waals surface area (Å²) in [5.74, 6) is -0.0783. The summed E-state index contributed by atoms with van der Waals surface area (Å²) in [4.78, 5) is 26.2. The number of carbonyl (C=O) groups is 1. The predicted molar refractivity (Wildman–Crippen MR) is 112 cm³/mol. The number of benzene rings is 2. The van der Waals surface area contributed by atoms with E-state index in [-0.39, 0.29) is 23.6 Å². The summed E-state index contributed by atoms with van der Waals surface area (Å²) < 4.78 is 0. The van der Waals surface area contributed by atoms with Crippen LogP contribution in [0.25, 0.3) is 10.4 Å². The van der Waals surface area contributed by atoms with Crippen LogP contribution in [0.2, 0.25) is 0 Å². The zero-order valence-corrected chi connectivity index (χ0v) is 16.6. The van der Waals surface area contributed by atoms with Crippen LogP contribution in [-0.2, 0) is 4.79 Å². The quantitative estimate of drug-likeness (QED) is 0.502. The molecule has 1 amide bonds. The number of nitro benzene ring substituents is 1. The Morgan fingerprint density at radius 3 is 2.62 bits per heavy atom. The van der Waals surface area contributed by atoms with Gasteiger partial charge in [-0.1, -0.05) is 42.5 Å². The minimum Gasteiger partial charge on any atom is -0.385 e. The van der Waals surface area contributed by atoms with Crippen molar-refractivity contribution in [3.05, 3.63) is 87.3 Å². The molecule has 0 unspecified atom stereocenters. The number of aliphatic hydroxyl groups excluding tert-OH is 1. The van der Waals surface area contributed by atoms with E-state index in [1.165, 1.54) is 23.5 Å². The second-order valence-corrected chi connectivity index (χ2v) is 8.29. The highest BCUT2D eigenvalue weighted by atomic mass is 32.1. The Morgan fingerprint density at radius 1 is 1.14 bits per heavy atom. The van der Waals surface area contributed by atoms with Crippen LogP contribution in [0.1, 0.15) is 28.9 Å². The van der Waals surface area contributed by atoms with E-state index < -0.39 is 11.0 Å². The summed E-state index contributed by atoms with van der Waals surface area (Å²) in [6, 6.07) is 19.6. The van der Waals surface area contributed by atoms with E-state index in [2.05, 4.69) is 0 Å². The molecule has 1 aliphatic heterocycles. The number of non-ortho nitro benzene ring substituents is 1. The maximum absolute atomic E-state index is 12.4. The van der Waals surface area contributed by atoms with E-state index in [1.807, 2.05) is 48.5 Å². The lowest BCUT2D eigenvalue weighted by molar-refractivity contribution is -0.384. The number of nitro groups is 1. The van der Waals surface area contributed by atoms with Crippen LogP contribution >= 0.6 is 11.3 Å². The van der Waals surface area contributed by atoms with Gasteiger partial charge in [-0.3, -0.25) is 14.9 Å². The Labute approximate surface area is 172 Å². The lowest BCUT2D eigenvalue weighted by atomic mass is 9.88. The number of likely N-dealkylation sites (tertiary alicyclic amines) is 1. The van der Waals surface area contributed by atoms with Crippen molar-refractivity contribution in [2.75, 3.05) is 7.05 Å². The summed E-state index contributed by atoms with van der Waals surface area (Å²) in [6.07, 6.45) is -0.472. The Bertz CT molecular complexity index is 1050. The van der Waals surface area contributed by atoms with Gasteiger partial charge in [0.25, 0.3) is 5.69 Å². The number of hydrogen-bond donors (Lipinski definition) is 1. The average molecular weight is 408 g/mol. The van der Waals surface area contributed by atoms with Crippen molar-refractivity contribution in [2.24, 2.45) is 0 Å². The summed E-state index contributed by atoms with van der Waals surface area (Å²) in [5.41, 5.74) is 1.80. The SMILES string of the molecule is CN1C(=O)C[C@H](c2ccccc2)[C@@H]1[C@H](O)c1ccc(-c2cccc([N+](=O)[O-])c2)s1. The van der Waals surface area contributed by atoms with Crippen molar-refractivity contribution in [1.82, 2.24) is 4.90 Å². The molecular weight excluding hydrogens is 388 g/mol. The summed E-state index contributed by atoms with van der Waals surface area (Å²) in [6.45, 7) is 0. The van der Waals surface area contributed by atoms with Gasteiger partial charge in [-0.2, -0.15) is 0 Å². The summed E-state index contributed by atoms with van der Waals surface area (Å²) in [5, 5.41) is 22.2. The van der Waals surface area contributed by atoms with Crippen molar-refractivity contribution in [3.63, 3.8) is 0 Å². The molecular formula is C22H20N2O4S. The highest BCUT2D eigenvalue weighted by Gasteiger charge is 2.43. The number of carbonyl (C=O) groups excluding carboxylic acids is 1. The standard InChI is InChI=1S/C22H20N2O4S/c1-23-20(25)13-17(14-6-3-2-4-7-14)21(23)22(26)19-11-10-18(29-19)15-8-5-9-16(12-15)24(27)28/h2-12,17,21-22,26H,13H2,1H3/t17-,21-,22-/m1/s1. The third-order valence-corrected chi connectivity index (χ3v) is 6.66. The lowest BCUT2D eigenvalue weighted by Gasteiger charge is -2.29. The fourth-order valence-electron chi connectivity index (χ4n) is 3.94. The molecule has 3 atom stereocenters. The van der Waals surface area contributed by atoms with E-state index in [0.717, 1.165) is 20.9 Å². The fraction of sp³-hybridized carbons (Fsp3) is 0.227. The van der Waals surface area contributed by atoms with Crippen molar-refractivity contribution < 1.29 is 14.8 Å². The van der Waals surface area contributed by atoms with Crippen LogP contribution in [0.5, 0.6) is 0 Å². The van der Waals surface area contributed by atoms with Gasteiger partial charge in [0.2, 0.25) is 5.91 Å². The van der Waals surface area contributed by atoms with Gasteiger partial charge in [0.15, 0.2) is 0 Å². The molecule has 0 radical (unpaired) electrons. The number of aliphatic hydroxyl groups is 1. The Kier molecular flexibility index (Phi) is 5.17. The zero-order valence-electron chi connectivity index (χ0n) is 15.8. The molecule has 1 saturated heterocycles. The molecule has 0 saturated carbocycles. The molecule has 1 aromatic heterocycles. The second kappa shape index (κ2) is 7.77. The molecule has 3 aromatic rings. The van der Waals surface area contributed by atoms with E-state index in [0.29, 0.717) is 6.42 Å². The van der Waals surface area contributed by atoms with Crippen molar-refractivity contribution in [3.8, 4) is 10.4 Å². The zero-order chi connectivity index (χ0) is 20.5. The summed E-state index contributed by atoms with van der Waals surface area (Å²) in [7, 11) is 1.73. The van der Waals surface area contributed by atoms with Crippen LogP contribution in [-0.4, -0.2) is 33.9 Å². The van der Waals surface area contributed by atoms with Gasteiger partial charge >= 0.3 is 0 Å². The maximum Gasteiger partial charge on any atom is 0.270 e. The van der Waals surface area contributed by atoms with Gasteiger partial charge in [0.05, 0.1) is 11.0 Å². The third-order valence-electron chi connectivity index (χ3n) is 5.46. The molecule has 148 valence electrons. The number of rotatable bonds is 5. The van der Waals surface area contributed by atoms with E-state index in [9.17, 15) is 20.0 Å². The van der Waals surface area contributed by atoms with E-state index >= 15 is 0 Å². The van der Waals surface area contributed by atoms with Crippen molar-refractivity contribution in [2.45, 2.75) is 24.5 Å². The molecule has 7 heteroatoms. The normalized spacial score (nSPS) is 20.1. The summed E-state index contributed by atoms with van der Waals surface area (Å²) >= 11 is 1.39. The number of thiophene rings is 1. The van der Waals surface area contributed by atoms with Crippen molar-refractivity contribution in [1.29, 1.82) is 0 Å². The molecule has 6 nitrogen and oxygen atoms in total. The first-order valence-electron chi connectivity index (χ1n) is 9.29. The highest BCUT2D eigenvalue weighted by molar-refractivity contribution is 7.15. The van der Waals surface area contributed by atoms with E-state index in [1.54, 1.807) is 18.0 Å². The highest BCUT2D eigenvalue weighted by Crippen LogP contribution is 2.42. The van der Waals surface area contributed by atoms with Gasteiger partial charge in [-0.25, -0.2) is 0 Å². The molecule has 0 aliphatic carbocycles. The van der Waals surface area contributed by atoms with Crippen LogP contribution in [0.4, 0.5) is 5.69 Å². The first kappa shape index (κ1) is 19.3. The molecule has 0 spiro atoms.